The van der Waals surface area contributed by atoms with Gasteiger partial charge in [-0.2, -0.15) is 13.2 Å². The number of alkyl halides is 3. The molecule has 1 fully saturated rings. The summed E-state index contributed by atoms with van der Waals surface area (Å²) in [6, 6.07) is 11.2. The third-order valence-corrected chi connectivity index (χ3v) is 4.83. The van der Waals surface area contributed by atoms with Gasteiger partial charge in [0.05, 0.1) is 18.9 Å². The number of hydrogen-bond acceptors (Lipinski definition) is 5. The van der Waals surface area contributed by atoms with Gasteiger partial charge >= 0.3 is 18.1 Å². The van der Waals surface area contributed by atoms with Crippen molar-refractivity contribution in [1.82, 2.24) is 15.5 Å². The van der Waals surface area contributed by atoms with Crippen LogP contribution >= 0.6 is 11.6 Å². The molecule has 2 heterocycles. The Morgan fingerprint density at radius 1 is 1.06 bits per heavy atom. The molecule has 0 saturated carbocycles. The van der Waals surface area contributed by atoms with E-state index >= 15 is 0 Å². The lowest BCUT2D eigenvalue weighted by Crippen LogP contribution is -2.67. The number of nitrogens with one attached hydrogen (secondary N) is 2. The highest BCUT2D eigenvalue weighted by Crippen LogP contribution is 2.46. The second kappa shape index (κ2) is 8.75. The summed E-state index contributed by atoms with van der Waals surface area (Å²) in [7, 11) is 0. The Bertz CT molecular complexity index is 1020. The molecule has 2 aliphatic rings. The van der Waals surface area contributed by atoms with Crippen molar-refractivity contribution >= 4 is 29.3 Å². The number of carbonyl (C=O) groups excluding carboxylic acids is 1. The molecule has 0 radical (unpaired) electrons. The molecule has 170 valence electrons. The highest BCUT2D eigenvalue weighted by atomic mass is 35.5. The lowest BCUT2D eigenvalue weighted by atomic mass is 10.3. The zero-order valence-corrected chi connectivity index (χ0v) is 17.2. The molecular weight excluding hydrogens is 453 g/mol. The molecule has 1 unspecified atom stereocenters. The molecule has 2 aliphatic heterocycles. The topological polar surface area (TPSA) is 84.4 Å². The number of ether oxygens (including phenoxy) is 3. The molecule has 2 N–H and O–H groups in total. The van der Waals surface area contributed by atoms with E-state index in [1.165, 1.54) is 18.2 Å². The fourth-order valence-corrected chi connectivity index (χ4v) is 3.24. The van der Waals surface area contributed by atoms with E-state index < -0.39 is 18.1 Å². The van der Waals surface area contributed by atoms with Crippen molar-refractivity contribution in [2.24, 2.45) is 4.99 Å². The van der Waals surface area contributed by atoms with Gasteiger partial charge in [0.15, 0.2) is 11.5 Å². The predicted octanol–water partition coefficient (Wildman–Crippen LogP) is 3.65. The lowest BCUT2D eigenvalue weighted by molar-refractivity contribution is -0.317. The first kappa shape index (κ1) is 22.0. The minimum atomic E-state index is -5.11. The van der Waals surface area contributed by atoms with Crippen LogP contribution in [0, 0.1) is 0 Å². The number of nitrogens with zero attached hydrogens (tertiary/aromatic N) is 2. The van der Waals surface area contributed by atoms with Crippen molar-refractivity contribution in [3.05, 3.63) is 53.6 Å². The SMILES string of the molecule is O=C(NC(=Nc1ccccc1)N1CCOCC1)NC1(C(F)(F)F)Oc2ccc(Cl)cc2O1. The number of halogens is 4. The summed E-state index contributed by atoms with van der Waals surface area (Å²) in [6.45, 7) is 1.55. The lowest BCUT2D eigenvalue weighted by Gasteiger charge is -2.32. The molecule has 2 aromatic carbocycles. The van der Waals surface area contributed by atoms with Gasteiger partial charge in [0, 0.05) is 24.2 Å². The van der Waals surface area contributed by atoms with E-state index in [1.807, 2.05) is 0 Å². The first-order valence-corrected chi connectivity index (χ1v) is 9.93. The maximum atomic E-state index is 13.9. The van der Waals surface area contributed by atoms with Gasteiger partial charge in [-0.05, 0) is 24.3 Å². The Morgan fingerprint density at radius 3 is 2.44 bits per heavy atom. The maximum absolute atomic E-state index is 13.9. The van der Waals surface area contributed by atoms with Gasteiger partial charge in [0.25, 0.3) is 0 Å². The normalized spacial score (nSPS) is 20.8. The van der Waals surface area contributed by atoms with E-state index in [1.54, 1.807) is 40.5 Å². The summed E-state index contributed by atoms with van der Waals surface area (Å²) in [6.07, 6.45) is -5.11. The van der Waals surface area contributed by atoms with Crippen LogP contribution in [-0.4, -0.2) is 55.3 Å². The molecule has 0 bridgehead atoms. The van der Waals surface area contributed by atoms with Crippen LogP contribution in [0.3, 0.4) is 0 Å². The highest BCUT2D eigenvalue weighted by molar-refractivity contribution is 6.30. The standard InChI is InChI=1S/C20H18ClF3N4O4/c21-13-6-7-15-16(12-13)32-20(31-15,19(22,23)24)27-18(29)26-17(28-8-10-30-11-9-28)25-14-4-2-1-3-5-14/h1-7,12H,8-11H2,(H2,25,26,27,29). The van der Waals surface area contributed by atoms with Gasteiger partial charge in [-0.25, -0.2) is 9.79 Å². The Kier molecular flexibility index (Phi) is 6.02. The number of morpholine rings is 1. The molecule has 1 saturated heterocycles. The molecule has 0 aliphatic carbocycles. The van der Waals surface area contributed by atoms with Crippen molar-refractivity contribution in [2.75, 3.05) is 26.3 Å². The molecule has 12 heteroatoms. The Hall–Kier alpha value is -3.18. The summed E-state index contributed by atoms with van der Waals surface area (Å²) in [4.78, 5) is 18.7. The second-order valence-corrected chi connectivity index (χ2v) is 7.30. The quantitative estimate of drug-likeness (QED) is 0.517. The minimum absolute atomic E-state index is 0.0629. The minimum Gasteiger partial charge on any atom is -0.424 e. The van der Waals surface area contributed by atoms with Crippen LogP contribution < -0.4 is 20.1 Å². The molecule has 0 aromatic heterocycles. The molecule has 2 aromatic rings. The van der Waals surface area contributed by atoms with E-state index in [0.717, 1.165) is 0 Å². The van der Waals surface area contributed by atoms with Crippen LogP contribution in [0.4, 0.5) is 23.7 Å². The summed E-state index contributed by atoms with van der Waals surface area (Å²) < 4.78 is 56.9. The van der Waals surface area contributed by atoms with Gasteiger partial charge in [0.1, 0.15) is 0 Å². The number of hydrogen-bond donors (Lipinski definition) is 2. The number of para-hydroxylation sites is 1. The number of carbonyl (C=O) groups is 1. The van der Waals surface area contributed by atoms with Gasteiger partial charge < -0.3 is 19.1 Å². The number of urea groups is 1. The maximum Gasteiger partial charge on any atom is 0.492 e. The third kappa shape index (κ3) is 4.68. The summed E-state index contributed by atoms with van der Waals surface area (Å²) in [5.41, 5.74) is 0.509. The first-order chi connectivity index (χ1) is 15.3. The Labute approximate surface area is 185 Å². The average molecular weight is 471 g/mol. The number of guanidine groups is 1. The number of amides is 2. The van der Waals surface area contributed by atoms with Crippen LogP contribution in [-0.2, 0) is 4.74 Å². The molecule has 32 heavy (non-hydrogen) atoms. The van der Waals surface area contributed by atoms with Crippen molar-refractivity contribution in [3.63, 3.8) is 0 Å². The zero-order chi connectivity index (χ0) is 22.8. The zero-order valence-electron chi connectivity index (χ0n) is 16.5. The average Bonchev–Trinajstić information content (AvgIpc) is 3.13. The van der Waals surface area contributed by atoms with E-state index in [9.17, 15) is 18.0 Å². The molecule has 2 amide bonds. The highest BCUT2D eigenvalue weighted by Gasteiger charge is 2.65. The predicted molar refractivity (Wildman–Crippen MR) is 109 cm³/mol. The van der Waals surface area contributed by atoms with E-state index in [4.69, 9.17) is 25.8 Å². The van der Waals surface area contributed by atoms with Crippen LogP contribution in [0.2, 0.25) is 5.02 Å². The Morgan fingerprint density at radius 2 is 1.75 bits per heavy atom. The van der Waals surface area contributed by atoms with E-state index in [-0.39, 0.29) is 22.5 Å². The van der Waals surface area contributed by atoms with Gasteiger partial charge in [-0.15, -0.1) is 0 Å². The molecule has 4 rings (SSSR count). The Balaban J connectivity index is 1.57. The van der Waals surface area contributed by atoms with E-state index in [0.29, 0.717) is 32.0 Å². The van der Waals surface area contributed by atoms with Crippen LogP contribution in [0.1, 0.15) is 0 Å². The van der Waals surface area contributed by atoms with Crippen molar-refractivity contribution < 1.29 is 32.2 Å². The van der Waals surface area contributed by atoms with Crippen LogP contribution in [0.25, 0.3) is 0 Å². The number of aliphatic imine (C=N–C) groups is 1. The van der Waals surface area contributed by atoms with Gasteiger partial charge in [0.2, 0.25) is 5.96 Å². The number of rotatable bonds is 2. The second-order valence-electron chi connectivity index (χ2n) is 6.86. The fourth-order valence-electron chi connectivity index (χ4n) is 3.07. The molecule has 8 nitrogen and oxygen atoms in total. The number of fused-ring (bicyclic) bond motifs is 1. The van der Waals surface area contributed by atoms with Crippen molar-refractivity contribution in [2.45, 2.75) is 12.1 Å². The summed E-state index contributed by atoms with van der Waals surface area (Å²) in [5.74, 6) is -3.82. The molecule has 0 spiro atoms. The third-order valence-electron chi connectivity index (χ3n) is 4.59. The summed E-state index contributed by atoms with van der Waals surface area (Å²) >= 11 is 5.82. The summed E-state index contributed by atoms with van der Waals surface area (Å²) in [5, 5.41) is 4.29. The monoisotopic (exact) mass is 470 g/mol. The van der Waals surface area contributed by atoms with E-state index in [2.05, 4.69) is 10.3 Å². The molecular formula is C20H18ClF3N4O4. The molecule has 1 atom stereocenters. The van der Waals surface area contributed by atoms with Crippen LogP contribution in [0.5, 0.6) is 11.5 Å². The van der Waals surface area contributed by atoms with Crippen molar-refractivity contribution in [1.29, 1.82) is 0 Å². The van der Waals surface area contributed by atoms with Gasteiger partial charge in [-0.3, -0.25) is 10.6 Å². The largest absolute Gasteiger partial charge is 0.492 e. The van der Waals surface area contributed by atoms with Crippen LogP contribution in [0.15, 0.2) is 53.5 Å². The van der Waals surface area contributed by atoms with Crippen molar-refractivity contribution in [3.8, 4) is 11.5 Å². The smallest absolute Gasteiger partial charge is 0.424 e. The number of benzene rings is 2. The first-order valence-electron chi connectivity index (χ1n) is 9.56. The van der Waals surface area contributed by atoms with Gasteiger partial charge in [-0.1, -0.05) is 29.8 Å². The fraction of sp³-hybridized carbons (Fsp3) is 0.300.